The molecule has 1 unspecified atom stereocenters. The third-order valence-corrected chi connectivity index (χ3v) is 4.17. The molecule has 0 saturated carbocycles. The fourth-order valence-electron chi connectivity index (χ4n) is 1.97. The molecule has 1 aromatic heterocycles. The van der Waals surface area contributed by atoms with Gasteiger partial charge in [-0.05, 0) is 30.7 Å². The number of likely N-dealkylation sites (tertiary alicyclic amines) is 1. The highest BCUT2D eigenvalue weighted by molar-refractivity contribution is 7.09. The van der Waals surface area contributed by atoms with E-state index in [1.54, 1.807) is 11.3 Å². The number of alkyl halides is 1. The van der Waals surface area contributed by atoms with Crippen molar-refractivity contribution < 1.29 is 4.79 Å². The lowest BCUT2D eigenvalue weighted by Crippen LogP contribution is -2.28. The van der Waals surface area contributed by atoms with Crippen LogP contribution in [0, 0.1) is 0 Å². The van der Waals surface area contributed by atoms with Crippen LogP contribution in [0.15, 0.2) is 17.5 Å². The second-order valence-corrected chi connectivity index (χ2v) is 5.81. The first kappa shape index (κ1) is 11.9. The Labute approximate surface area is 105 Å². The highest BCUT2D eigenvalue weighted by Gasteiger charge is 2.23. The lowest BCUT2D eigenvalue weighted by Gasteiger charge is -2.14. The van der Waals surface area contributed by atoms with E-state index in [0.29, 0.717) is 6.42 Å². The minimum atomic E-state index is 0.168. The summed E-state index contributed by atoms with van der Waals surface area (Å²) in [5.41, 5.74) is 0. The zero-order chi connectivity index (χ0) is 11.4. The Bertz CT molecular complexity index is 339. The molecule has 0 bridgehead atoms. The van der Waals surface area contributed by atoms with Crippen molar-refractivity contribution in [2.75, 3.05) is 13.1 Å². The number of hydrogen-bond donors (Lipinski definition) is 0. The summed E-state index contributed by atoms with van der Waals surface area (Å²) in [5, 5.41) is 2.25. The predicted molar refractivity (Wildman–Crippen MR) is 68.1 cm³/mol. The minimum Gasteiger partial charge on any atom is -0.341 e. The van der Waals surface area contributed by atoms with E-state index in [9.17, 15) is 4.79 Å². The zero-order valence-electron chi connectivity index (χ0n) is 9.19. The van der Waals surface area contributed by atoms with Crippen molar-refractivity contribution in [3.05, 3.63) is 22.4 Å². The van der Waals surface area contributed by atoms with Crippen LogP contribution in [0.5, 0.6) is 0 Å². The molecule has 2 rings (SSSR count). The van der Waals surface area contributed by atoms with E-state index < -0.39 is 0 Å². The van der Waals surface area contributed by atoms with Crippen molar-refractivity contribution in [2.24, 2.45) is 0 Å². The van der Waals surface area contributed by atoms with Gasteiger partial charge in [0.2, 0.25) is 5.91 Å². The van der Waals surface area contributed by atoms with E-state index in [-0.39, 0.29) is 11.3 Å². The van der Waals surface area contributed by atoms with Crippen molar-refractivity contribution >= 4 is 28.8 Å². The van der Waals surface area contributed by atoms with E-state index in [1.807, 2.05) is 4.90 Å². The van der Waals surface area contributed by atoms with E-state index >= 15 is 0 Å². The van der Waals surface area contributed by atoms with Gasteiger partial charge < -0.3 is 4.90 Å². The van der Waals surface area contributed by atoms with Gasteiger partial charge in [0.15, 0.2) is 0 Å². The molecule has 1 atom stereocenters. The standard InChI is InChI=1S/C12H16ClNOS/c13-10-6-7-14(9-10)12(15)5-1-3-11-4-2-8-16-11/h2,4,8,10H,1,3,5-7,9H2. The lowest BCUT2D eigenvalue weighted by molar-refractivity contribution is -0.130. The van der Waals surface area contributed by atoms with Crippen LogP contribution in [0.4, 0.5) is 0 Å². The zero-order valence-corrected chi connectivity index (χ0v) is 10.8. The van der Waals surface area contributed by atoms with E-state index in [0.717, 1.165) is 32.4 Å². The van der Waals surface area contributed by atoms with Gasteiger partial charge in [-0.25, -0.2) is 0 Å². The summed E-state index contributed by atoms with van der Waals surface area (Å²) in [6.07, 6.45) is 3.56. The smallest absolute Gasteiger partial charge is 0.222 e. The molecule has 0 aliphatic carbocycles. The van der Waals surface area contributed by atoms with Crippen LogP contribution in [-0.2, 0) is 11.2 Å². The quantitative estimate of drug-likeness (QED) is 0.760. The first-order chi connectivity index (χ1) is 7.75. The molecule has 1 aliphatic heterocycles. The molecule has 1 amide bonds. The second-order valence-electron chi connectivity index (χ2n) is 4.16. The number of carbonyl (C=O) groups is 1. The number of halogens is 1. The SMILES string of the molecule is O=C(CCCc1cccs1)N1CCC(Cl)C1. The molecule has 88 valence electrons. The van der Waals surface area contributed by atoms with Crippen molar-refractivity contribution in [3.8, 4) is 0 Å². The van der Waals surface area contributed by atoms with Crippen LogP contribution >= 0.6 is 22.9 Å². The number of nitrogens with zero attached hydrogens (tertiary/aromatic N) is 1. The molecule has 0 N–H and O–H groups in total. The predicted octanol–water partition coefficient (Wildman–Crippen LogP) is 2.91. The fourth-order valence-corrected chi connectivity index (χ4v) is 2.99. The summed E-state index contributed by atoms with van der Waals surface area (Å²) in [6, 6.07) is 4.18. The van der Waals surface area contributed by atoms with E-state index in [1.165, 1.54) is 4.88 Å². The van der Waals surface area contributed by atoms with Crippen LogP contribution in [-0.4, -0.2) is 29.3 Å². The molecular formula is C12H16ClNOS. The van der Waals surface area contributed by atoms with Gasteiger partial charge in [0, 0.05) is 24.4 Å². The molecule has 1 saturated heterocycles. The van der Waals surface area contributed by atoms with Gasteiger partial charge in [-0.1, -0.05) is 6.07 Å². The maximum Gasteiger partial charge on any atom is 0.222 e. The monoisotopic (exact) mass is 257 g/mol. The first-order valence-corrected chi connectivity index (χ1v) is 7.01. The van der Waals surface area contributed by atoms with Gasteiger partial charge >= 0.3 is 0 Å². The highest BCUT2D eigenvalue weighted by atomic mass is 35.5. The summed E-state index contributed by atoms with van der Waals surface area (Å²) in [6.45, 7) is 1.57. The Morgan fingerprint density at radius 2 is 2.50 bits per heavy atom. The molecule has 0 radical (unpaired) electrons. The van der Waals surface area contributed by atoms with E-state index in [2.05, 4.69) is 17.5 Å². The number of hydrogen-bond acceptors (Lipinski definition) is 2. The molecule has 2 heterocycles. The topological polar surface area (TPSA) is 20.3 Å². The molecule has 2 nitrogen and oxygen atoms in total. The summed E-state index contributed by atoms with van der Waals surface area (Å²) in [4.78, 5) is 15.1. The van der Waals surface area contributed by atoms with Crippen LogP contribution in [0.25, 0.3) is 0 Å². The number of rotatable bonds is 4. The Balaban J connectivity index is 1.68. The third kappa shape index (κ3) is 3.22. The number of amides is 1. The Morgan fingerprint density at radius 3 is 3.12 bits per heavy atom. The van der Waals surface area contributed by atoms with Gasteiger partial charge in [0.25, 0.3) is 0 Å². The molecule has 1 fully saturated rings. The fraction of sp³-hybridized carbons (Fsp3) is 0.583. The van der Waals surface area contributed by atoms with Crippen molar-refractivity contribution in [2.45, 2.75) is 31.1 Å². The summed E-state index contributed by atoms with van der Waals surface area (Å²) in [7, 11) is 0. The number of thiophene rings is 1. The summed E-state index contributed by atoms with van der Waals surface area (Å²) < 4.78 is 0. The van der Waals surface area contributed by atoms with Crippen molar-refractivity contribution in [3.63, 3.8) is 0 Å². The van der Waals surface area contributed by atoms with Crippen LogP contribution < -0.4 is 0 Å². The maximum atomic E-state index is 11.8. The second kappa shape index (κ2) is 5.69. The van der Waals surface area contributed by atoms with Crippen molar-refractivity contribution in [1.29, 1.82) is 0 Å². The third-order valence-electron chi connectivity index (χ3n) is 2.88. The van der Waals surface area contributed by atoms with Gasteiger partial charge in [0.05, 0.1) is 5.38 Å². The highest BCUT2D eigenvalue weighted by Crippen LogP contribution is 2.17. The Kier molecular flexibility index (Phi) is 4.24. The summed E-state index contributed by atoms with van der Waals surface area (Å²) in [5.74, 6) is 0.264. The first-order valence-electron chi connectivity index (χ1n) is 5.70. The lowest BCUT2D eigenvalue weighted by atomic mass is 10.2. The van der Waals surface area contributed by atoms with Crippen LogP contribution in [0.2, 0.25) is 0 Å². The number of carbonyl (C=O) groups excluding carboxylic acids is 1. The molecular weight excluding hydrogens is 242 g/mol. The van der Waals surface area contributed by atoms with Crippen molar-refractivity contribution in [1.82, 2.24) is 4.90 Å². The molecule has 16 heavy (non-hydrogen) atoms. The number of aryl methyl sites for hydroxylation is 1. The van der Waals surface area contributed by atoms with Gasteiger partial charge in [-0.2, -0.15) is 0 Å². The molecule has 0 spiro atoms. The van der Waals surface area contributed by atoms with E-state index in [4.69, 9.17) is 11.6 Å². The normalized spacial score (nSPS) is 20.3. The Hall–Kier alpha value is -0.540. The largest absolute Gasteiger partial charge is 0.341 e. The molecule has 1 aromatic rings. The minimum absolute atomic E-state index is 0.168. The average Bonchev–Trinajstić information content (AvgIpc) is 2.89. The van der Waals surface area contributed by atoms with Crippen LogP contribution in [0.3, 0.4) is 0 Å². The molecule has 1 aliphatic rings. The summed E-state index contributed by atoms with van der Waals surface area (Å²) >= 11 is 7.74. The van der Waals surface area contributed by atoms with Gasteiger partial charge in [-0.15, -0.1) is 22.9 Å². The average molecular weight is 258 g/mol. The molecule has 4 heteroatoms. The Morgan fingerprint density at radius 1 is 1.62 bits per heavy atom. The van der Waals surface area contributed by atoms with Gasteiger partial charge in [0.1, 0.15) is 0 Å². The molecule has 0 aromatic carbocycles. The maximum absolute atomic E-state index is 11.8. The van der Waals surface area contributed by atoms with Crippen LogP contribution in [0.1, 0.15) is 24.1 Å². The van der Waals surface area contributed by atoms with Gasteiger partial charge in [-0.3, -0.25) is 4.79 Å².